The molecule has 1 saturated carbocycles. The van der Waals surface area contributed by atoms with E-state index in [0.717, 1.165) is 19.0 Å². The quantitative estimate of drug-likeness (QED) is 0.823. The summed E-state index contributed by atoms with van der Waals surface area (Å²) in [4.78, 5) is 19.5. The molecule has 1 aliphatic carbocycles. The number of pyridine rings is 1. The number of halogens is 1. The Morgan fingerprint density at radius 2 is 2.28 bits per heavy atom. The Balaban J connectivity index is 1.76. The molecule has 0 bridgehead atoms. The van der Waals surface area contributed by atoms with Crippen LogP contribution in [0.3, 0.4) is 0 Å². The van der Waals surface area contributed by atoms with Gasteiger partial charge in [-0.15, -0.1) is 0 Å². The highest BCUT2D eigenvalue weighted by Crippen LogP contribution is 2.30. The lowest BCUT2D eigenvalue weighted by Crippen LogP contribution is -2.04. The van der Waals surface area contributed by atoms with E-state index in [4.69, 9.17) is 4.52 Å². The molecular formula is C12H10FN3O2. The van der Waals surface area contributed by atoms with Crippen molar-refractivity contribution in [1.29, 1.82) is 0 Å². The first-order valence-electron chi connectivity index (χ1n) is 5.69. The number of carbonyl (C=O) groups excluding carboxylic acids is 1. The van der Waals surface area contributed by atoms with Gasteiger partial charge >= 0.3 is 0 Å². The second-order valence-corrected chi connectivity index (χ2v) is 4.29. The minimum atomic E-state index is -0.425. The molecule has 0 radical (unpaired) electrons. The normalized spacial score (nSPS) is 14.7. The maximum atomic E-state index is 12.7. The lowest BCUT2D eigenvalue weighted by molar-refractivity contribution is -0.119. The zero-order valence-corrected chi connectivity index (χ0v) is 9.47. The number of hydrogen-bond donors (Lipinski definition) is 0. The number of hydrogen-bond acceptors (Lipinski definition) is 5. The van der Waals surface area contributed by atoms with Crippen molar-refractivity contribution in [2.24, 2.45) is 5.92 Å². The molecule has 92 valence electrons. The van der Waals surface area contributed by atoms with Gasteiger partial charge in [-0.25, -0.2) is 9.37 Å². The predicted octanol–water partition coefficient (Wildman–Crippen LogP) is 1.79. The Morgan fingerprint density at radius 1 is 1.44 bits per heavy atom. The Labute approximate surface area is 102 Å². The van der Waals surface area contributed by atoms with Crippen LogP contribution in [0.1, 0.15) is 18.7 Å². The molecule has 0 N–H and O–H groups in total. The van der Waals surface area contributed by atoms with Gasteiger partial charge in [-0.05, 0) is 25.0 Å². The van der Waals surface area contributed by atoms with Crippen molar-refractivity contribution in [2.75, 3.05) is 0 Å². The summed E-state index contributed by atoms with van der Waals surface area (Å²) in [6.07, 6.45) is 3.16. The van der Waals surface area contributed by atoms with Crippen molar-refractivity contribution >= 4 is 5.78 Å². The largest absolute Gasteiger partial charge is 0.338 e. The molecule has 0 amide bonds. The SMILES string of the molecule is O=C(Cc1nc(-c2ccc(F)cn2)no1)C1CC1. The molecule has 0 aliphatic heterocycles. The van der Waals surface area contributed by atoms with E-state index >= 15 is 0 Å². The zero-order valence-electron chi connectivity index (χ0n) is 9.47. The third kappa shape index (κ3) is 2.27. The summed E-state index contributed by atoms with van der Waals surface area (Å²) in [5.74, 6) is 0.439. The third-order valence-electron chi connectivity index (χ3n) is 2.78. The van der Waals surface area contributed by atoms with Crippen molar-refractivity contribution < 1.29 is 13.7 Å². The lowest BCUT2D eigenvalue weighted by Gasteiger charge is -1.92. The second kappa shape index (κ2) is 4.29. The standard InChI is InChI=1S/C12H10FN3O2/c13-8-3-4-9(14-6-8)12-15-11(18-16-12)5-10(17)7-1-2-7/h3-4,6-7H,1-2,5H2. The molecule has 1 fully saturated rings. The van der Waals surface area contributed by atoms with Gasteiger partial charge in [0.1, 0.15) is 17.3 Å². The van der Waals surface area contributed by atoms with Crippen LogP contribution in [-0.2, 0) is 11.2 Å². The molecular weight excluding hydrogens is 237 g/mol. The first-order chi connectivity index (χ1) is 8.72. The molecule has 18 heavy (non-hydrogen) atoms. The molecule has 0 spiro atoms. The van der Waals surface area contributed by atoms with Crippen LogP contribution in [0.15, 0.2) is 22.9 Å². The summed E-state index contributed by atoms with van der Waals surface area (Å²) < 4.78 is 17.7. The van der Waals surface area contributed by atoms with Crippen LogP contribution in [0.2, 0.25) is 0 Å². The highest BCUT2D eigenvalue weighted by Gasteiger charge is 2.30. The van der Waals surface area contributed by atoms with Crippen LogP contribution in [0.4, 0.5) is 4.39 Å². The molecule has 1 aliphatic rings. The van der Waals surface area contributed by atoms with Crippen LogP contribution in [0.25, 0.3) is 11.5 Å². The summed E-state index contributed by atoms with van der Waals surface area (Å²) >= 11 is 0. The maximum Gasteiger partial charge on any atom is 0.234 e. The van der Waals surface area contributed by atoms with Crippen LogP contribution in [0.5, 0.6) is 0 Å². The average Bonchev–Trinajstić information content (AvgIpc) is 3.12. The summed E-state index contributed by atoms with van der Waals surface area (Å²) in [7, 11) is 0. The molecule has 2 aromatic rings. The minimum absolute atomic E-state index is 0.136. The number of nitrogens with zero attached hydrogens (tertiary/aromatic N) is 3. The van der Waals surface area contributed by atoms with Gasteiger partial charge in [0.25, 0.3) is 0 Å². The molecule has 2 aromatic heterocycles. The fraction of sp³-hybridized carbons (Fsp3) is 0.333. The van der Waals surface area contributed by atoms with Crippen LogP contribution >= 0.6 is 0 Å². The number of carbonyl (C=O) groups is 1. The van der Waals surface area contributed by atoms with Crippen molar-refractivity contribution in [3.8, 4) is 11.5 Å². The highest BCUT2D eigenvalue weighted by molar-refractivity contribution is 5.84. The number of ketones is 1. The number of aromatic nitrogens is 3. The second-order valence-electron chi connectivity index (χ2n) is 4.29. The fourth-order valence-electron chi connectivity index (χ4n) is 1.64. The summed E-state index contributed by atoms with van der Waals surface area (Å²) in [6, 6.07) is 2.74. The van der Waals surface area contributed by atoms with E-state index in [1.165, 1.54) is 12.1 Å². The van der Waals surface area contributed by atoms with Crippen LogP contribution in [-0.4, -0.2) is 20.9 Å². The monoisotopic (exact) mass is 247 g/mol. The molecule has 0 unspecified atom stereocenters. The van der Waals surface area contributed by atoms with E-state index in [2.05, 4.69) is 15.1 Å². The van der Waals surface area contributed by atoms with Crippen molar-refractivity contribution in [3.05, 3.63) is 30.0 Å². The van der Waals surface area contributed by atoms with Gasteiger partial charge in [-0.3, -0.25) is 4.79 Å². The smallest absolute Gasteiger partial charge is 0.234 e. The van der Waals surface area contributed by atoms with Crippen molar-refractivity contribution in [2.45, 2.75) is 19.3 Å². The molecule has 3 rings (SSSR count). The van der Waals surface area contributed by atoms with Gasteiger partial charge in [-0.1, -0.05) is 5.16 Å². The van der Waals surface area contributed by atoms with Gasteiger partial charge in [0.05, 0.1) is 12.6 Å². The fourth-order valence-corrected chi connectivity index (χ4v) is 1.64. The maximum absolute atomic E-state index is 12.7. The Bertz CT molecular complexity index is 575. The van der Waals surface area contributed by atoms with Crippen LogP contribution < -0.4 is 0 Å². The Kier molecular flexibility index (Phi) is 2.62. The zero-order chi connectivity index (χ0) is 12.5. The Hall–Kier alpha value is -2.11. The summed E-state index contributed by atoms with van der Waals surface area (Å²) in [5.41, 5.74) is 0.422. The van der Waals surface area contributed by atoms with E-state index in [1.807, 2.05) is 0 Å². The van der Waals surface area contributed by atoms with Crippen molar-refractivity contribution in [3.63, 3.8) is 0 Å². The highest BCUT2D eigenvalue weighted by atomic mass is 19.1. The van der Waals surface area contributed by atoms with Gasteiger partial charge in [0.15, 0.2) is 0 Å². The van der Waals surface area contributed by atoms with Crippen LogP contribution in [0, 0.1) is 11.7 Å². The number of rotatable bonds is 4. The lowest BCUT2D eigenvalue weighted by atomic mass is 10.2. The van der Waals surface area contributed by atoms with E-state index < -0.39 is 5.82 Å². The molecule has 2 heterocycles. The van der Waals surface area contributed by atoms with Crippen molar-refractivity contribution in [1.82, 2.24) is 15.1 Å². The third-order valence-corrected chi connectivity index (χ3v) is 2.78. The van der Waals surface area contributed by atoms with E-state index in [9.17, 15) is 9.18 Å². The predicted molar refractivity (Wildman–Crippen MR) is 58.9 cm³/mol. The minimum Gasteiger partial charge on any atom is -0.338 e. The molecule has 0 aromatic carbocycles. The molecule has 6 heteroatoms. The number of Topliss-reactive ketones (excluding diaryl/α,β-unsaturated/α-hetero) is 1. The average molecular weight is 247 g/mol. The van der Waals surface area contributed by atoms with Gasteiger partial charge in [0, 0.05) is 5.92 Å². The molecule has 5 nitrogen and oxygen atoms in total. The summed E-state index contributed by atoms with van der Waals surface area (Å²) in [5, 5.41) is 3.73. The Morgan fingerprint density at radius 3 is 2.94 bits per heavy atom. The molecule has 0 atom stereocenters. The van der Waals surface area contributed by atoms with Gasteiger partial charge in [-0.2, -0.15) is 4.98 Å². The topological polar surface area (TPSA) is 68.9 Å². The van der Waals surface area contributed by atoms with Gasteiger partial charge < -0.3 is 4.52 Å². The van der Waals surface area contributed by atoms with E-state index in [0.29, 0.717) is 5.69 Å². The first-order valence-corrected chi connectivity index (χ1v) is 5.69. The van der Waals surface area contributed by atoms with E-state index in [-0.39, 0.29) is 29.8 Å². The summed E-state index contributed by atoms with van der Waals surface area (Å²) in [6.45, 7) is 0. The van der Waals surface area contributed by atoms with Gasteiger partial charge in [0.2, 0.25) is 11.7 Å². The van der Waals surface area contributed by atoms with E-state index in [1.54, 1.807) is 0 Å². The molecule has 0 saturated heterocycles. The first kappa shape index (κ1) is 11.0.